The Balaban J connectivity index is 2.33. The molecule has 0 aromatic carbocycles. The second-order valence-corrected chi connectivity index (χ2v) is 6.04. The first kappa shape index (κ1) is 12.9. The van der Waals surface area contributed by atoms with E-state index in [2.05, 4.69) is 4.72 Å². The maximum atomic E-state index is 11.3. The zero-order valence-electron chi connectivity index (χ0n) is 9.45. The molecule has 15 heavy (non-hydrogen) atoms. The SMILES string of the molecule is CCCS(=O)(=O)NCC1COC(C)(C)O1. The van der Waals surface area contributed by atoms with Crippen LogP contribution in [0, 0.1) is 0 Å². The van der Waals surface area contributed by atoms with Crippen LogP contribution in [0.1, 0.15) is 27.2 Å². The molecule has 0 amide bonds. The van der Waals surface area contributed by atoms with Crippen molar-refractivity contribution >= 4 is 10.0 Å². The standard InChI is InChI=1S/C9H19NO4S/c1-4-5-15(11,12)10-6-8-7-13-9(2,3)14-8/h8,10H,4-7H2,1-3H3. The summed E-state index contributed by atoms with van der Waals surface area (Å²) in [5, 5.41) is 0. The van der Waals surface area contributed by atoms with E-state index in [0.717, 1.165) is 0 Å². The van der Waals surface area contributed by atoms with Crippen LogP contribution in [0.3, 0.4) is 0 Å². The third-order valence-corrected chi connectivity index (χ3v) is 3.62. The van der Waals surface area contributed by atoms with Gasteiger partial charge in [-0.15, -0.1) is 0 Å². The molecule has 0 spiro atoms. The van der Waals surface area contributed by atoms with E-state index in [4.69, 9.17) is 9.47 Å². The van der Waals surface area contributed by atoms with E-state index in [0.29, 0.717) is 13.0 Å². The largest absolute Gasteiger partial charge is 0.348 e. The molecule has 1 N–H and O–H groups in total. The van der Waals surface area contributed by atoms with Crippen LogP contribution < -0.4 is 4.72 Å². The minimum Gasteiger partial charge on any atom is -0.348 e. The summed E-state index contributed by atoms with van der Waals surface area (Å²) in [7, 11) is -3.14. The molecule has 1 rings (SSSR count). The van der Waals surface area contributed by atoms with Crippen LogP contribution in [0.2, 0.25) is 0 Å². The molecule has 0 saturated carbocycles. The minimum absolute atomic E-state index is 0.157. The number of nitrogens with one attached hydrogen (secondary N) is 1. The van der Waals surface area contributed by atoms with Crippen LogP contribution >= 0.6 is 0 Å². The maximum absolute atomic E-state index is 11.3. The van der Waals surface area contributed by atoms with Crippen molar-refractivity contribution < 1.29 is 17.9 Å². The first-order chi connectivity index (χ1) is 6.85. The van der Waals surface area contributed by atoms with Gasteiger partial charge in [0, 0.05) is 6.54 Å². The fraction of sp³-hybridized carbons (Fsp3) is 1.00. The van der Waals surface area contributed by atoms with Gasteiger partial charge in [-0.3, -0.25) is 0 Å². The van der Waals surface area contributed by atoms with Gasteiger partial charge in [-0.05, 0) is 20.3 Å². The van der Waals surface area contributed by atoms with Crippen LogP contribution in [0.15, 0.2) is 0 Å². The van der Waals surface area contributed by atoms with Crippen molar-refractivity contribution in [1.29, 1.82) is 0 Å². The number of hydrogen-bond acceptors (Lipinski definition) is 4. The highest BCUT2D eigenvalue weighted by molar-refractivity contribution is 7.89. The molecule has 1 fully saturated rings. The molecule has 5 nitrogen and oxygen atoms in total. The Kier molecular flexibility index (Phi) is 4.11. The molecule has 0 bridgehead atoms. The molecule has 0 aromatic rings. The van der Waals surface area contributed by atoms with E-state index in [9.17, 15) is 8.42 Å². The van der Waals surface area contributed by atoms with Crippen LogP contribution in [0.25, 0.3) is 0 Å². The molecule has 1 heterocycles. The maximum Gasteiger partial charge on any atom is 0.211 e. The van der Waals surface area contributed by atoms with Crippen molar-refractivity contribution in [3.05, 3.63) is 0 Å². The highest BCUT2D eigenvalue weighted by Gasteiger charge is 2.32. The molecule has 90 valence electrons. The molecule has 0 radical (unpaired) electrons. The molecule has 1 unspecified atom stereocenters. The van der Waals surface area contributed by atoms with Crippen molar-refractivity contribution in [1.82, 2.24) is 4.72 Å². The van der Waals surface area contributed by atoms with Gasteiger partial charge < -0.3 is 9.47 Å². The van der Waals surface area contributed by atoms with Crippen molar-refractivity contribution in [2.45, 2.75) is 39.1 Å². The Morgan fingerprint density at radius 2 is 2.13 bits per heavy atom. The Hall–Kier alpha value is -0.170. The lowest BCUT2D eigenvalue weighted by atomic mass is 10.4. The number of rotatable bonds is 5. The fourth-order valence-electron chi connectivity index (χ4n) is 1.42. The summed E-state index contributed by atoms with van der Waals surface area (Å²) in [5.41, 5.74) is 0. The van der Waals surface area contributed by atoms with Crippen molar-refractivity contribution in [3.63, 3.8) is 0 Å². The Labute approximate surface area is 91.2 Å². The highest BCUT2D eigenvalue weighted by atomic mass is 32.2. The summed E-state index contributed by atoms with van der Waals surface area (Å²) in [6, 6.07) is 0. The number of sulfonamides is 1. The summed E-state index contributed by atoms with van der Waals surface area (Å²) >= 11 is 0. The lowest BCUT2D eigenvalue weighted by molar-refractivity contribution is -0.137. The third-order valence-electron chi connectivity index (χ3n) is 2.07. The van der Waals surface area contributed by atoms with Crippen LogP contribution in [0.5, 0.6) is 0 Å². The smallest absolute Gasteiger partial charge is 0.211 e. The molecule has 6 heteroatoms. The van der Waals surface area contributed by atoms with Crippen molar-refractivity contribution in [2.75, 3.05) is 18.9 Å². The summed E-state index contributed by atoms with van der Waals surface area (Å²) in [6.45, 7) is 6.17. The second kappa shape index (κ2) is 4.78. The summed E-state index contributed by atoms with van der Waals surface area (Å²) in [5.74, 6) is -0.440. The lowest BCUT2D eigenvalue weighted by Crippen LogP contribution is -2.35. The van der Waals surface area contributed by atoms with Gasteiger partial charge >= 0.3 is 0 Å². The van der Waals surface area contributed by atoms with Gasteiger partial charge in [0.25, 0.3) is 0 Å². The van der Waals surface area contributed by atoms with Crippen molar-refractivity contribution in [3.8, 4) is 0 Å². The van der Waals surface area contributed by atoms with E-state index < -0.39 is 15.8 Å². The molecule has 1 atom stereocenters. The fourth-order valence-corrected chi connectivity index (χ4v) is 2.55. The van der Waals surface area contributed by atoms with Crippen LogP contribution in [0.4, 0.5) is 0 Å². The van der Waals surface area contributed by atoms with Crippen LogP contribution in [-0.2, 0) is 19.5 Å². The molecule has 0 aliphatic carbocycles. The first-order valence-electron chi connectivity index (χ1n) is 5.14. The van der Waals surface area contributed by atoms with E-state index in [1.165, 1.54) is 0 Å². The Bertz CT molecular complexity index is 299. The van der Waals surface area contributed by atoms with E-state index in [1.54, 1.807) is 0 Å². The normalized spacial score (nSPS) is 25.7. The van der Waals surface area contributed by atoms with Crippen molar-refractivity contribution in [2.24, 2.45) is 0 Å². The minimum atomic E-state index is -3.14. The van der Waals surface area contributed by atoms with E-state index in [-0.39, 0.29) is 18.4 Å². The predicted molar refractivity (Wildman–Crippen MR) is 57.0 cm³/mol. The monoisotopic (exact) mass is 237 g/mol. The average Bonchev–Trinajstić information content (AvgIpc) is 2.42. The van der Waals surface area contributed by atoms with Gasteiger partial charge in [-0.1, -0.05) is 6.92 Å². The van der Waals surface area contributed by atoms with Gasteiger partial charge in [-0.25, -0.2) is 13.1 Å². The molecular formula is C9H19NO4S. The lowest BCUT2D eigenvalue weighted by Gasteiger charge is -2.17. The van der Waals surface area contributed by atoms with Crippen LogP contribution in [-0.4, -0.2) is 39.2 Å². The zero-order chi connectivity index (χ0) is 11.5. The highest BCUT2D eigenvalue weighted by Crippen LogP contribution is 2.21. The van der Waals surface area contributed by atoms with Gasteiger partial charge in [0.1, 0.15) is 0 Å². The predicted octanol–water partition coefficient (Wildman–Crippen LogP) is 0.467. The Morgan fingerprint density at radius 3 is 2.60 bits per heavy atom. The van der Waals surface area contributed by atoms with E-state index in [1.807, 2.05) is 20.8 Å². The van der Waals surface area contributed by atoms with E-state index >= 15 is 0 Å². The zero-order valence-corrected chi connectivity index (χ0v) is 10.3. The summed E-state index contributed by atoms with van der Waals surface area (Å²) < 4.78 is 36.0. The molecule has 1 aliphatic rings. The molecular weight excluding hydrogens is 218 g/mol. The van der Waals surface area contributed by atoms with Gasteiger partial charge in [-0.2, -0.15) is 0 Å². The first-order valence-corrected chi connectivity index (χ1v) is 6.79. The number of ether oxygens (including phenoxy) is 2. The summed E-state index contributed by atoms with van der Waals surface area (Å²) in [4.78, 5) is 0. The van der Waals surface area contributed by atoms with Gasteiger partial charge in [0.15, 0.2) is 5.79 Å². The quantitative estimate of drug-likeness (QED) is 0.755. The summed E-state index contributed by atoms with van der Waals surface area (Å²) in [6.07, 6.45) is 0.426. The molecule has 0 aromatic heterocycles. The average molecular weight is 237 g/mol. The van der Waals surface area contributed by atoms with Gasteiger partial charge in [0.05, 0.1) is 18.5 Å². The number of hydrogen-bond donors (Lipinski definition) is 1. The Morgan fingerprint density at radius 1 is 1.47 bits per heavy atom. The third kappa shape index (κ3) is 4.46. The topological polar surface area (TPSA) is 64.6 Å². The van der Waals surface area contributed by atoms with Gasteiger partial charge in [0.2, 0.25) is 10.0 Å². The second-order valence-electron chi connectivity index (χ2n) is 4.12. The molecule has 1 aliphatic heterocycles. The molecule has 1 saturated heterocycles.